The third-order valence-electron chi connectivity index (χ3n) is 4.57. The maximum absolute atomic E-state index is 12.7. The summed E-state index contributed by atoms with van der Waals surface area (Å²) in [6.07, 6.45) is 4.36. The number of hydrogen-bond donors (Lipinski definition) is 1. The summed E-state index contributed by atoms with van der Waals surface area (Å²) >= 11 is 1.40. The number of likely N-dealkylation sites (tertiary alicyclic amines) is 1. The fraction of sp³-hybridized carbons (Fsp3) is 0.500. The fourth-order valence-corrected chi connectivity index (χ4v) is 4.17. The summed E-state index contributed by atoms with van der Waals surface area (Å²) in [4.78, 5) is 22.2. The van der Waals surface area contributed by atoms with Crippen LogP contribution in [0.3, 0.4) is 0 Å². The summed E-state index contributed by atoms with van der Waals surface area (Å²) in [7, 11) is 0. The van der Waals surface area contributed by atoms with Crippen LogP contribution >= 0.6 is 11.3 Å². The number of furan rings is 1. The molecule has 1 atom stereocenters. The number of nitrogens with one attached hydrogen (secondary N) is 1. The number of rotatable bonds is 3. The van der Waals surface area contributed by atoms with Crippen LogP contribution in [0.2, 0.25) is 0 Å². The van der Waals surface area contributed by atoms with Crippen molar-refractivity contribution in [1.29, 1.82) is 0 Å². The molecule has 2 aromatic rings. The third kappa shape index (κ3) is 3.04. The van der Waals surface area contributed by atoms with Crippen molar-refractivity contribution in [2.75, 3.05) is 39.3 Å². The Morgan fingerprint density at radius 3 is 3.00 bits per heavy atom. The van der Waals surface area contributed by atoms with Gasteiger partial charge in [0.15, 0.2) is 10.8 Å². The average molecular weight is 332 g/mol. The first-order valence-corrected chi connectivity index (χ1v) is 8.86. The van der Waals surface area contributed by atoms with Crippen molar-refractivity contribution in [2.45, 2.75) is 12.5 Å². The normalized spacial score (nSPS) is 22.6. The minimum Gasteiger partial charge on any atom is -0.462 e. The van der Waals surface area contributed by atoms with Crippen molar-refractivity contribution >= 4 is 17.2 Å². The molecule has 2 aliphatic heterocycles. The number of piperazine rings is 1. The average Bonchev–Trinajstić information content (AvgIpc) is 3.35. The van der Waals surface area contributed by atoms with Crippen LogP contribution in [0.5, 0.6) is 0 Å². The summed E-state index contributed by atoms with van der Waals surface area (Å²) < 4.78 is 5.34. The van der Waals surface area contributed by atoms with Gasteiger partial charge in [-0.1, -0.05) is 0 Å². The molecule has 4 rings (SSSR count). The lowest BCUT2D eigenvalue weighted by Crippen LogP contribution is -2.49. The van der Waals surface area contributed by atoms with Crippen LogP contribution in [0.1, 0.15) is 16.1 Å². The van der Waals surface area contributed by atoms with Gasteiger partial charge in [-0.25, -0.2) is 4.98 Å². The second-order valence-electron chi connectivity index (χ2n) is 5.99. The number of carbonyl (C=O) groups excluding carboxylic acids is 1. The van der Waals surface area contributed by atoms with E-state index in [0.29, 0.717) is 16.7 Å². The fourth-order valence-electron chi connectivity index (χ4n) is 3.31. The van der Waals surface area contributed by atoms with E-state index in [2.05, 4.69) is 15.2 Å². The molecule has 0 spiro atoms. The zero-order valence-electron chi connectivity index (χ0n) is 12.9. The van der Waals surface area contributed by atoms with Gasteiger partial charge in [0.1, 0.15) is 4.88 Å². The minimum absolute atomic E-state index is 0.0953. The predicted molar refractivity (Wildman–Crippen MR) is 88.6 cm³/mol. The Morgan fingerprint density at radius 1 is 1.35 bits per heavy atom. The number of hydrogen-bond acceptors (Lipinski definition) is 6. The molecule has 0 radical (unpaired) electrons. The van der Waals surface area contributed by atoms with Crippen LogP contribution in [-0.2, 0) is 0 Å². The molecule has 0 aliphatic carbocycles. The van der Waals surface area contributed by atoms with E-state index < -0.39 is 0 Å². The van der Waals surface area contributed by atoms with Gasteiger partial charge in [0.2, 0.25) is 0 Å². The molecule has 1 unspecified atom stereocenters. The Bertz CT molecular complexity index is 663. The maximum atomic E-state index is 12.7. The summed E-state index contributed by atoms with van der Waals surface area (Å²) in [5.41, 5.74) is 0. The number of nitrogens with zero attached hydrogens (tertiary/aromatic N) is 3. The maximum Gasteiger partial charge on any atom is 0.265 e. The number of thiazole rings is 1. The standard InChI is InChI=1S/C16H20N4O2S/c21-16(14-10-18-15(23-14)13-2-1-9-22-13)20-6-3-12(11-20)19-7-4-17-5-8-19/h1-2,9-10,12,17H,3-8,11H2. The largest absolute Gasteiger partial charge is 0.462 e. The number of amides is 1. The first-order valence-electron chi connectivity index (χ1n) is 8.05. The molecule has 122 valence electrons. The second kappa shape index (κ2) is 6.43. The monoisotopic (exact) mass is 332 g/mol. The molecule has 1 amide bonds. The van der Waals surface area contributed by atoms with Crippen molar-refractivity contribution in [1.82, 2.24) is 20.1 Å². The van der Waals surface area contributed by atoms with Gasteiger partial charge < -0.3 is 14.6 Å². The van der Waals surface area contributed by atoms with Crippen LogP contribution in [0.25, 0.3) is 10.8 Å². The SMILES string of the molecule is O=C(c1cnc(-c2ccco2)s1)N1CCC(N2CCNCC2)C1. The van der Waals surface area contributed by atoms with E-state index in [1.165, 1.54) is 11.3 Å². The highest BCUT2D eigenvalue weighted by atomic mass is 32.1. The minimum atomic E-state index is 0.0953. The summed E-state index contributed by atoms with van der Waals surface area (Å²) in [5, 5.41) is 4.14. The van der Waals surface area contributed by atoms with Crippen molar-refractivity contribution in [3.05, 3.63) is 29.5 Å². The molecule has 6 nitrogen and oxygen atoms in total. The van der Waals surface area contributed by atoms with E-state index in [1.54, 1.807) is 12.5 Å². The van der Waals surface area contributed by atoms with Gasteiger partial charge >= 0.3 is 0 Å². The molecular weight excluding hydrogens is 312 g/mol. The van der Waals surface area contributed by atoms with Crippen LogP contribution in [0.4, 0.5) is 0 Å². The molecule has 2 fully saturated rings. The Labute approximate surface area is 139 Å². The Kier molecular flexibility index (Phi) is 4.15. The van der Waals surface area contributed by atoms with Gasteiger partial charge in [-0.2, -0.15) is 0 Å². The number of carbonyl (C=O) groups is 1. The van der Waals surface area contributed by atoms with Crippen LogP contribution in [-0.4, -0.2) is 66.0 Å². The van der Waals surface area contributed by atoms with E-state index in [4.69, 9.17) is 4.42 Å². The summed E-state index contributed by atoms with van der Waals surface area (Å²) in [5.74, 6) is 0.812. The van der Waals surface area contributed by atoms with Crippen molar-refractivity contribution in [3.63, 3.8) is 0 Å². The zero-order chi connectivity index (χ0) is 15.6. The van der Waals surface area contributed by atoms with Gasteiger partial charge in [0.05, 0.1) is 12.5 Å². The predicted octanol–water partition coefficient (Wildman–Crippen LogP) is 1.52. The molecule has 23 heavy (non-hydrogen) atoms. The highest BCUT2D eigenvalue weighted by Gasteiger charge is 2.32. The highest BCUT2D eigenvalue weighted by molar-refractivity contribution is 7.16. The molecule has 0 saturated carbocycles. The van der Waals surface area contributed by atoms with Gasteiger partial charge in [0.25, 0.3) is 5.91 Å². The van der Waals surface area contributed by atoms with Crippen LogP contribution < -0.4 is 5.32 Å². The molecule has 2 saturated heterocycles. The Balaban J connectivity index is 1.41. The van der Waals surface area contributed by atoms with Crippen LogP contribution in [0.15, 0.2) is 29.0 Å². The molecule has 2 aliphatic rings. The Morgan fingerprint density at radius 2 is 2.22 bits per heavy atom. The zero-order valence-corrected chi connectivity index (χ0v) is 13.7. The highest BCUT2D eigenvalue weighted by Crippen LogP contribution is 2.27. The molecule has 0 bridgehead atoms. The van der Waals surface area contributed by atoms with Crippen LogP contribution in [0, 0.1) is 0 Å². The van der Waals surface area contributed by atoms with Gasteiger partial charge in [-0.05, 0) is 18.6 Å². The molecule has 2 aromatic heterocycles. The quantitative estimate of drug-likeness (QED) is 0.923. The van der Waals surface area contributed by atoms with E-state index in [-0.39, 0.29) is 5.91 Å². The van der Waals surface area contributed by atoms with Crippen molar-refractivity contribution < 1.29 is 9.21 Å². The lowest BCUT2D eigenvalue weighted by Gasteiger charge is -2.32. The first kappa shape index (κ1) is 14.9. The molecular formula is C16H20N4O2S. The van der Waals surface area contributed by atoms with Gasteiger partial charge in [-0.15, -0.1) is 11.3 Å². The topological polar surface area (TPSA) is 61.6 Å². The molecule has 4 heterocycles. The second-order valence-corrected chi connectivity index (χ2v) is 7.02. The van der Waals surface area contributed by atoms with Crippen molar-refractivity contribution in [2.24, 2.45) is 0 Å². The van der Waals surface area contributed by atoms with E-state index in [0.717, 1.165) is 50.7 Å². The lowest BCUT2D eigenvalue weighted by atomic mass is 10.2. The molecule has 1 N–H and O–H groups in total. The lowest BCUT2D eigenvalue weighted by molar-refractivity contribution is 0.0778. The first-order chi connectivity index (χ1) is 11.3. The van der Waals surface area contributed by atoms with Gasteiger partial charge in [-0.3, -0.25) is 9.69 Å². The van der Waals surface area contributed by atoms with E-state index in [9.17, 15) is 4.79 Å². The molecule has 7 heteroatoms. The smallest absolute Gasteiger partial charge is 0.265 e. The van der Waals surface area contributed by atoms with Crippen molar-refractivity contribution in [3.8, 4) is 10.8 Å². The Hall–Kier alpha value is -1.70. The summed E-state index contributed by atoms with van der Waals surface area (Å²) in [6, 6.07) is 4.19. The third-order valence-corrected chi connectivity index (χ3v) is 5.57. The molecule has 0 aromatic carbocycles. The van der Waals surface area contributed by atoms with E-state index in [1.807, 2.05) is 17.0 Å². The van der Waals surface area contributed by atoms with E-state index >= 15 is 0 Å². The van der Waals surface area contributed by atoms with Gasteiger partial charge in [0, 0.05) is 45.3 Å². The summed E-state index contributed by atoms with van der Waals surface area (Å²) in [6.45, 7) is 5.91. The number of aromatic nitrogens is 1.